The molecule has 4 aliphatic heterocycles. The molecule has 1 atom stereocenters. The van der Waals surface area contributed by atoms with E-state index in [9.17, 15) is 24.0 Å². The van der Waals surface area contributed by atoms with E-state index in [-0.39, 0.29) is 35.6 Å². The van der Waals surface area contributed by atoms with Crippen LogP contribution in [0.3, 0.4) is 0 Å². The fourth-order valence-corrected chi connectivity index (χ4v) is 7.06. The lowest BCUT2D eigenvalue weighted by atomic mass is 9.71. The number of nitrogens with one attached hydrogen (secondary N) is 1. The van der Waals surface area contributed by atoms with Crippen LogP contribution in [0.5, 0.6) is 0 Å². The molecule has 5 N–H and O–H groups in total. The molecule has 236 valence electrons. The Balaban J connectivity index is 1.10. The van der Waals surface area contributed by atoms with Crippen LogP contribution in [-0.2, 0) is 14.4 Å². The largest absolute Gasteiger partial charge is 0.396 e. The molecule has 4 heterocycles. The molecule has 3 amide bonds. The lowest BCUT2D eigenvalue weighted by Crippen LogP contribution is -2.61. The number of piperidine rings is 3. The molecule has 1 aromatic carbocycles. The Morgan fingerprint density at radius 2 is 1.75 bits per heavy atom. The van der Waals surface area contributed by atoms with Gasteiger partial charge in [-0.05, 0) is 73.8 Å². The van der Waals surface area contributed by atoms with Gasteiger partial charge >= 0.3 is 0 Å². The summed E-state index contributed by atoms with van der Waals surface area (Å²) in [6.45, 7) is 6.85. The Morgan fingerprint density at radius 1 is 1.05 bits per heavy atom. The molecular formula is C32H43N7O5. The molecule has 1 spiro atoms. The van der Waals surface area contributed by atoms with Gasteiger partial charge in [-0.25, -0.2) is 0 Å². The van der Waals surface area contributed by atoms with Crippen molar-refractivity contribution in [2.45, 2.75) is 44.6 Å². The highest BCUT2D eigenvalue weighted by atomic mass is 16.2. The van der Waals surface area contributed by atoms with E-state index in [2.05, 4.69) is 20.0 Å². The first kappa shape index (κ1) is 31.2. The van der Waals surface area contributed by atoms with Gasteiger partial charge in [0.2, 0.25) is 11.8 Å². The average molecular weight is 606 g/mol. The van der Waals surface area contributed by atoms with Crippen molar-refractivity contribution in [2.24, 2.45) is 22.8 Å². The van der Waals surface area contributed by atoms with Gasteiger partial charge in [0.1, 0.15) is 6.04 Å². The Bertz CT molecular complexity index is 1350. The number of allylic oxidation sites excluding steroid dienone is 3. The quantitative estimate of drug-likeness (QED) is 0.159. The maximum atomic E-state index is 13.4. The van der Waals surface area contributed by atoms with Crippen LogP contribution in [0.2, 0.25) is 0 Å². The van der Waals surface area contributed by atoms with Crippen LogP contribution in [-0.4, -0.2) is 104 Å². The van der Waals surface area contributed by atoms with Gasteiger partial charge in [-0.3, -0.25) is 29.3 Å². The van der Waals surface area contributed by atoms with E-state index in [4.69, 9.17) is 11.5 Å². The first-order valence-corrected chi connectivity index (χ1v) is 15.4. The molecule has 0 radical (unpaired) electrons. The van der Waals surface area contributed by atoms with E-state index < -0.39 is 17.9 Å². The summed E-state index contributed by atoms with van der Waals surface area (Å²) in [5.74, 6) is 0.00797. The van der Waals surface area contributed by atoms with E-state index in [0.29, 0.717) is 29.7 Å². The molecule has 0 aliphatic carbocycles. The predicted molar refractivity (Wildman–Crippen MR) is 165 cm³/mol. The van der Waals surface area contributed by atoms with Gasteiger partial charge in [0.15, 0.2) is 12.6 Å². The van der Waals surface area contributed by atoms with Crippen LogP contribution in [0.4, 0.5) is 5.69 Å². The van der Waals surface area contributed by atoms with Gasteiger partial charge in [-0.1, -0.05) is 0 Å². The third-order valence-corrected chi connectivity index (χ3v) is 9.78. The van der Waals surface area contributed by atoms with Gasteiger partial charge in [0.05, 0.1) is 17.1 Å². The van der Waals surface area contributed by atoms with E-state index in [1.807, 2.05) is 6.07 Å². The Kier molecular flexibility index (Phi) is 9.38. The third-order valence-electron chi connectivity index (χ3n) is 9.78. The van der Waals surface area contributed by atoms with Gasteiger partial charge < -0.3 is 31.1 Å². The van der Waals surface area contributed by atoms with Crippen molar-refractivity contribution in [2.75, 3.05) is 57.8 Å². The maximum absolute atomic E-state index is 13.4. The van der Waals surface area contributed by atoms with Gasteiger partial charge in [-0.2, -0.15) is 0 Å². The first-order chi connectivity index (χ1) is 21.1. The lowest BCUT2D eigenvalue weighted by molar-refractivity contribution is -0.136. The van der Waals surface area contributed by atoms with Crippen molar-refractivity contribution < 1.29 is 24.0 Å². The highest BCUT2D eigenvalue weighted by molar-refractivity contribution is 6.06. The summed E-state index contributed by atoms with van der Waals surface area (Å²) in [5.41, 5.74) is 13.7. The molecular weight excluding hydrogens is 562 g/mol. The molecule has 5 rings (SSSR count). The monoisotopic (exact) mass is 605 g/mol. The molecule has 12 nitrogen and oxygen atoms in total. The van der Waals surface area contributed by atoms with E-state index in [1.54, 1.807) is 24.3 Å². The van der Waals surface area contributed by atoms with Crippen LogP contribution in [0.15, 0.2) is 41.9 Å². The second-order valence-electron chi connectivity index (χ2n) is 12.7. The van der Waals surface area contributed by atoms with E-state index in [0.717, 1.165) is 77.2 Å². The number of carbonyl (C=O) groups is 5. The summed E-state index contributed by atoms with van der Waals surface area (Å²) in [6, 6.07) is 4.56. The average Bonchev–Trinajstić information content (AvgIpc) is 3.02. The first-order valence-electron chi connectivity index (χ1n) is 15.4. The summed E-state index contributed by atoms with van der Waals surface area (Å²) >= 11 is 0. The van der Waals surface area contributed by atoms with Gasteiger partial charge in [-0.15, -0.1) is 0 Å². The highest BCUT2D eigenvalue weighted by Gasteiger charge is 2.45. The minimum Gasteiger partial charge on any atom is -0.396 e. The molecule has 0 aromatic heterocycles. The predicted octanol–water partition coefficient (Wildman–Crippen LogP) is 0.832. The standard InChI is InChI=1S/C32H43N7O5/c1-36(27-5-7-29(42)35-30(27)43)31(44)26-16-25(4-2-23(26)18-40)38-12-8-22(9-13-38)17-37-20-32(21-37)10-14-39(15-11-32)28(34)6-3-24(33)19-41/h2-4,6,16,18-19,22,27H,5,7-15,17,20-21,33-34H2,1H3,(H,35,42,43)/b24-3-,28-6+. The number of nitrogens with two attached hydrogens (primary N) is 2. The molecule has 4 saturated heterocycles. The number of hydrogen-bond acceptors (Lipinski definition) is 10. The molecule has 0 bridgehead atoms. The molecule has 4 fully saturated rings. The normalized spacial score (nSPS) is 23.2. The molecule has 4 aliphatic rings. The third kappa shape index (κ3) is 6.80. The lowest BCUT2D eigenvalue weighted by Gasteiger charge is -2.55. The molecule has 1 unspecified atom stereocenters. The summed E-state index contributed by atoms with van der Waals surface area (Å²) in [4.78, 5) is 68.1. The Morgan fingerprint density at radius 3 is 2.39 bits per heavy atom. The van der Waals surface area contributed by atoms with Crippen LogP contribution < -0.4 is 21.7 Å². The van der Waals surface area contributed by atoms with Crippen molar-refractivity contribution in [3.05, 3.63) is 53.0 Å². The minimum absolute atomic E-state index is 0.160. The number of carbonyl (C=O) groups excluding carboxylic acids is 5. The van der Waals surface area contributed by atoms with Crippen molar-refractivity contribution in [3.63, 3.8) is 0 Å². The number of rotatable bonds is 9. The number of anilines is 1. The van der Waals surface area contributed by atoms with Crippen LogP contribution in [0.1, 0.15) is 59.2 Å². The van der Waals surface area contributed by atoms with Gasteiger partial charge in [0, 0.05) is 70.5 Å². The number of aldehydes is 2. The molecule has 44 heavy (non-hydrogen) atoms. The molecule has 12 heteroatoms. The summed E-state index contributed by atoms with van der Waals surface area (Å²) in [5, 5.41) is 2.29. The maximum Gasteiger partial charge on any atom is 0.255 e. The Labute approximate surface area is 258 Å². The number of benzene rings is 1. The fraction of sp³-hybridized carbons (Fsp3) is 0.531. The van der Waals surface area contributed by atoms with Crippen molar-refractivity contribution in [3.8, 4) is 0 Å². The number of likely N-dealkylation sites (tertiary alicyclic amines) is 2. The van der Waals surface area contributed by atoms with E-state index in [1.165, 1.54) is 11.9 Å². The van der Waals surface area contributed by atoms with Crippen molar-refractivity contribution in [1.82, 2.24) is 20.0 Å². The topological polar surface area (TPSA) is 162 Å². The van der Waals surface area contributed by atoms with Crippen molar-refractivity contribution in [1.29, 1.82) is 0 Å². The number of amides is 3. The molecule has 1 aromatic rings. The smallest absolute Gasteiger partial charge is 0.255 e. The zero-order chi connectivity index (χ0) is 31.4. The van der Waals surface area contributed by atoms with Crippen LogP contribution in [0.25, 0.3) is 0 Å². The second-order valence-corrected chi connectivity index (χ2v) is 12.7. The highest BCUT2D eigenvalue weighted by Crippen LogP contribution is 2.41. The van der Waals surface area contributed by atoms with E-state index >= 15 is 0 Å². The number of imide groups is 1. The Hall–Kier alpha value is -4.19. The second kappa shape index (κ2) is 13.2. The number of likely N-dealkylation sites (N-methyl/N-ethyl adjacent to an activating group) is 1. The minimum atomic E-state index is -0.751. The van der Waals surface area contributed by atoms with Crippen molar-refractivity contribution >= 4 is 36.0 Å². The summed E-state index contributed by atoms with van der Waals surface area (Å²) in [7, 11) is 1.54. The zero-order valence-corrected chi connectivity index (χ0v) is 25.4. The van der Waals surface area contributed by atoms with Crippen LogP contribution in [0, 0.1) is 11.3 Å². The summed E-state index contributed by atoms with van der Waals surface area (Å²) in [6.07, 6.45) is 9.25. The fourth-order valence-electron chi connectivity index (χ4n) is 7.06. The number of hydrogen-bond donors (Lipinski definition) is 3. The SMILES string of the molecule is CN(C(=O)c1cc(N2CCC(CN3CC4(CCN(/C(N)=C/C=C(\N)C=O)CC4)C3)CC2)ccc1C=O)C1CCC(=O)NC1=O. The van der Waals surface area contributed by atoms with Crippen LogP contribution >= 0.6 is 0 Å². The molecule has 0 saturated carbocycles. The summed E-state index contributed by atoms with van der Waals surface area (Å²) < 4.78 is 0. The van der Waals surface area contributed by atoms with Gasteiger partial charge in [0.25, 0.3) is 5.91 Å². The number of nitrogens with zero attached hydrogens (tertiary/aromatic N) is 4. The zero-order valence-electron chi connectivity index (χ0n) is 25.4.